The van der Waals surface area contributed by atoms with Crippen LogP contribution in [0, 0.1) is 6.92 Å². The lowest BCUT2D eigenvalue weighted by atomic mass is 10.2. The lowest BCUT2D eigenvalue weighted by Gasteiger charge is -2.22. The summed E-state index contributed by atoms with van der Waals surface area (Å²) in [6.45, 7) is 3.10. The van der Waals surface area contributed by atoms with E-state index in [9.17, 15) is 4.79 Å². The van der Waals surface area contributed by atoms with Crippen LogP contribution in [-0.4, -0.2) is 42.4 Å². The van der Waals surface area contributed by atoms with Crippen molar-refractivity contribution in [2.75, 3.05) is 26.0 Å². The molecule has 1 heterocycles. The summed E-state index contributed by atoms with van der Waals surface area (Å²) in [5.74, 6) is 1.18. The molecule has 1 aromatic carbocycles. The fourth-order valence-corrected chi connectivity index (χ4v) is 2.62. The van der Waals surface area contributed by atoms with E-state index in [1.807, 2.05) is 49.2 Å². The molecule has 27 heavy (non-hydrogen) atoms. The predicted molar refractivity (Wildman–Crippen MR) is 122 cm³/mol. The predicted octanol–water partition coefficient (Wildman–Crippen LogP) is 3.70. The molecule has 146 valence electrons. The molecule has 0 aliphatic carbocycles. The lowest BCUT2D eigenvalue weighted by Crippen LogP contribution is -2.39. The molecule has 0 aliphatic heterocycles. The minimum atomic E-state index is -0.0956. The molecular formula is C19H25ClIN5O. The van der Waals surface area contributed by atoms with Gasteiger partial charge in [0.05, 0.1) is 0 Å². The molecule has 0 radical (unpaired) electrons. The minimum absolute atomic E-state index is 0. The van der Waals surface area contributed by atoms with Gasteiger partial charge >= 0.3 is 0 Å². The summed E-state index contributed by atoms with van der Waals surface area (Å²) in [4.78, 5) is 22.4. The number of carbonyl (C=O) groups is 1. The number of pyridine rings is 1. The van der Waals surface area contributed by atoms with E-state index >= 15 is 0 Å². The van der Waals surface area contributed by atoms with Crippen molar-refractivity contribution in [3.63, 3.8) is 0 Å². The Morgan fingerprint density at radius 3 is 2.70 bits per heavy atom. The molecule has 0 bridgehead atoms. The zero-order valence-electron chi connectivity index (χ0n) is 15.7. The molecule has 2 rings (SSSR count). The number of hydrogen-bond donors (Lipinski definition) is 2. The maximum atomic E-state index is 12.0. The summed E-state index contributed by atoms with van der Waals surface area (Å²) >= 11 is 6.02. The fraction of sp³-hybridized carbons (Fsp3) is 0.316. The molecule has 0 saturated heterocycles. The van der Waals surface area contributed by atoms with Gasteiger partial charge in [-0.2, -0.15) is 0 Å². The van der Waals surface area contributed by atoms with Crippen LogP contribution >= 0.6 is 35.6 Å². The molecule has 1 amide bonds. The second-order valence-electron chi connectivity index (χ2n) is 5.98. The van der Waals surface area contributed by atoms with Gasteiger partial charge in [0.2, 0.25) is 5.91 Å². The summed E-state index contributed by atoms with van der Waals surface area (Å²) in [6.07, 6.45) is 2.04. The fourth-order valence-electron chi connectivity index (χ4n) is 2.40. The molecule has 0 saturated carbocycles. The molecule has 6 nitrogen and oxygen atoms in total. The number of nitrogens with zero attached hydrogens (tertiary/aromatic N) is 3. The summed E-state index contributed by atoms with van der Waals surface area (Å²) in [5.41, 5.74) is 2.14. The number of aryl methyl sites for hydroxylation is 1. The summed E-state index contributed by atoms with van der Waals surface area (Å²) in [6, 6.07) is 11.4. The maximum absolute atomic E-state index is 12.0. The summed E-state index contributed by atoms with van der Waals surface area (Å²) in [7, 11) is 3.65. The maximum Gasteiger partial charge on any atom is 0.227 e. The van der Waals surface area contributed by atoms with Crippen LogP contribution in [0.25, 0.3) is 0 Å². The highest BCUT2D eigenvalue weighted by molar-refractivity contribution is 14.0. The second kappa shape index (κ2) is 11.8. The van der Waals surface area contributed by atoms with Gasteiger partial charge in [-0.15, -0.1) is 24.0 Å². The Morgan fingerprint density at radius 2 is 2.07 bits per heavy atom. The van der Waals surface area contributed by atoms with Gasteiger partial charge in [-0.05, 0) is 36.2 Å². The first-order chi connectivity index (χ1) is 12.5. The van der Waals surface area contributed by atoms with Crippen LogP contribution in [0.2, 0.25) is 5.02 Å². The Bertz CT molecular complexity index is 767. The average Bonchev–Trinajstić information content (AvgIpc) is 2.60. The number of anilines is 1. The van der Waals surface area contributed by atoms with Crippen LogP contribution in [0.5, 0.6) is 0 Å². The van der Waals surface area contributed by atoms with E-state index in [0.29, 0.717) is 36.3 Å². The number of halogens is 2. The SMILES string of the molecule is CN=C(NCCC(=O)Nc1ccc(C)cn1)N(C)Cc1cccc(Cl)c1.I. The van der Waals surface area contributed by atoms with E-state index in [1.165, 1.54) is 0 Å². The van der Waals surface area contributed by atoms with Gasteiger partial charge in [0, 0.05) is 44.8 Å². The first-order valence-electron chi connectivity index (χ1n) is 8.36. The number of carbonyl (C=O) groups excluding carboxylic acids is 1. The number of guanidine groups is 1. The Hall–Kier alpha value is -1.87. The van der Waals surface area contributed by atoms with Crippen molar-refractivity contribution < 1.29 is 4.79 Å². The van der Waals surface area contributed by atoms with Crippen molar-refractivity contribution in [3.8, 4) is 0 Å². The number of amides is 1. The largest absolute Gasteiger partial charge is 0.356 e. The average molecular weight is 502 g/mol. The minimum Gasteiger partial charge on any atom is -0.356 e. The van der Waals surface area contributed by atoms with E-state index in [1.54, 1.807) is 19.3 Å². The van der Waals surface area contributed by atoms with Crippen LogP contribution in [-0.2, 0) is 11.3 Å². The van der Waals surface area contributed by atoms with Gasteiger partial charge in [-0.25, -0.2) is 4.98 Å². The van der Waals surface area contributed by atoms with Crippen molar-refractivity contribution in [3.05, 3.63) is 58.7 Å². The molecule has 0 unspecified atom stereocenters. The van der Waals surface area contributed by atoms with Crippen LogP contribution in [0.4, 0.5) is 5.82 Å². The Morgan fingerprint density at radius 1 is 1.30 bits per heavy atom. The number of aromatic nitrogens is 1. The lowest BCUT2D eigenvalue weighted by molar-refractivity contribution is -0.116. The van der Waals surface area contributed by atoms with E-state index < -0.39 is 0 Å². The van der Waals surface area contributed by atoms with Crippen LogP contribution in [0.3, 0.4) is 0 Å². The van der Waals surface area contributed by atoms with E-state index in [-0.39, 0.29) is 29.9 Å². The van der Waals surface area contributed by atoms with Crippen molar-refractivity contribution in [2.24, 2.45) is 4.99 Å². The summed E-state index contributed by atoms with van der Waals surface area (Å²) in [5, 5.41) is 6.68. The third kappa shape index (κ3) is 8.13. The van der Waals surface area contributed by atoms with Crippen molar-refractivity contribution in [1.29, 1.82) is 0 Å². The molecule has 1 aromatic heterocycles. The molecule has 8 heteroatoms. The topological polar surface area (TPSA) is 69.6 Å². The Balaban J connectivity index is 0.00000364. The van der Waals surface area contributed by atoms with Gasteiger partial charge in [-0.1, -0.05) is 29.8 Å². The number of rotatable bonds is 6. The number of hydrogen-bond acceptors (Lipinski definition) is 3. The molecule has 0 fully saturated rings. The number of aliphatic imine (C=N–C) groups is 1. The Kier molecular flexibility index (Phi) is 10.1. The highest BCUT2D eigenvalue weighted by atomic mass is 127. The zero-order chi connectivity index (χ0) is 18.9. The van der Waals surface area contributed by atoms with Crippen molar-refractivity contribution in [1.82, 2.24) is 15.2 Å². The third-order valence-electron chi connectivity index (χ3n) is 3.70. The smallest absolute Gasteiger partial charge is 0.227 e. The molecular weight excluding hydrogens is 477 g/mol. The number of nitrogens with one attached hydrogen (secondary N) is 2. The van der Waals surface area contributed by atoms with E-state index in [4.69, 9.17) is 11.6 Å². The molecule has 2 aromatic rings. The van der Waals surface area contributed by atoms with E-state index in [2.05, 4.69) is 20.6 Å². The van der Waals surface area contributed by atoms with Gasteiger partial charge in [-0.3, -0.25) is 9.79 Å². The van der Waals surface area contributed by atoms with Crippen molar-refractivity contribution >= 4 is 53.3 Å². The van der Waals surface area contributed by atoms with Gasteiger partial charge in [0.15, 0.2) is 5.96 Å². The monoisotopic (exact) mass is 501 g/mol. The highest BCUT2D eigenvalue weighted by Gasteiger charge is 2.08. The molecule has 2 N–H and O–H groups in total. The first kappa shape index (κ1) is 23.2. The quantitative estimate of drug-likeness (QED) is 0.360. The molecule has 0 spiro atoms. The van der Waals surface area contributed by atoms with Gasteiger partial charge in [0.25, 0.3) is 0 Å². The van der Waals surface area contributed by atoms with Gasteiger partial charge in [0.1, 0.15) is 5.82 Å². The highest BCUT2D eigenvalue weighted by Crippen LogP contribution is 2.12. The number of benzene rings is 1. The zero-order valence-corrected chi connectivity index (χ0v) is 18.8. The van der Waals surface area contributed by atoms with Crippen LogP contribution < -0.4 is 10.6 Å². The van der Waals surface area contributed by atoms with Crippen LogP contribution in [0.15, 0.2) is 47.6 Å². The second-order valence-corrected chi connectivity index (χ2v) is 6.42. The van der Waals surface area contributed by atoms with E-state index in [0.717, 1.165) is 11.1 Å². The van der Waals surface area contributed by atoms with Gasteiger partial charge < -0.3 is 15.5 Å². The normalized spacial score (nSPS) is 10.7. The molecule has 0 atom stereocenters. The van der Waals surface area contributed by atoms with Crippen LogP contribution in [0.1, 0.15) is 17.5 Å². The standard InChI is InChI=1S/C19H24ClN5O.HI/c1-14-7-8-17(23-12-14)24-18(26)9-10-22-19(21-2)25(3)13-15-5-4-6-16(20)11-15;/h4-8,11-12H,9-10,13H2,1-3H3,(H,21,22)(H,23,24,26);1H. The summed E-state index contributed by atoms with van der Waals surface area (Å²) < 4.78 is 0. The van der Waals surface area contributed by atoms with Crippen molar-refractivity contribution in [2.45, 2.75) is 19.9 Å². The Labute approximate surface area is 182 Å². The third-order valence-corrected chi connectivity index (χ3v) is 3.93. The first-order valence-corrected chi connectivity index (χ1v) is 8.74. The molecule has 0 aliphatic rings.